The largest absolute Gasteiger partial charge is 0.479 e. The van der Waals surface area contributed by atoms with E-state index in [0.717, 1.165) is 16.0 Å². The molecule has 0 aliphatic carbocycles. The molecule has 12 heteroatoms. The standard InChI is InChI=1S/C23H26F2N8O2/c1-13(11-24)33-20-10-15(4-5-19(20)28-30-33)16-6-9-32-21(16)22(35-3)27-23(29-32)26-18-7-8-31(14(2)34)12-17(18)25/h4-6,9-10,13,17-18H,7-8,11-12H2,1-3H3,(H,26,29)/t13-,17+,18-/m0/s1/i2D3. The number of halogens is 2. The Morgan fingerprint density at radius 1 is 1.40 bits per heavy atom. The van der Waals surface area contributed by atoms with Gasteiger partial charge in [0, 0.05) is 29.3 Å². The van der Waals surface area contributed by atoms with E-state index in [1.54, 1.807) is 23.7 Å². The van der Waals surface area contributed by atoms with Crippen molar-refractivity contribution < 1.29 is 22.4 Å². The van der Waals surface area contributed by atoms with Crippen LogP contribution in [0.5, 0.6) is 5.88 Å². The lowest BCUT2D eigenvalue weighted by molar-refractivity contribution is -0.131. The molecule has 1 aromatic carbocycles. The van der Waals surface area contributed by atoms with Crippen molar-refractivity contribution in [1.29, 1.82) is 0 Å². The first kappa shape index (κ1) is 19.5. The fourth-order valence-corrected chi connectivity index (χ4v) is 4.34. The van der Waals surface area contributed by atoms with Gasteiger partial charge in [0.2, 0.25) is 17.7 Å². The second kappa shape index (κ2) is 9.08. The highest BCUT2D eigenvalue weighted by Crippen LogP contribution is 2.33. The molecule has 1 amide bonds. The van der Waals surface area contributed by atoms with E-state index in [1.807, 2.05) is 18.2 Å². The molecule has 1 fully saturated rings. The first-order valence-electron chi connectivity index (χ1n) is 12.7. The Morgan fingerprint density at radius 3 is 3.00 bits per heavy atom. The lowest BCUT2D eigenvalue weighted by Gasteiger charge is -2.34. The molecule has 184 valence electrons. The summed E-state index contributed by atoms with van der Waals surface area (Å²) in [5, 5.41) is 15.6. The van der Waals surface area contributed by atoms with Crippen LogP contribution in [0.2, 0.25) is 0 Å². The van der Waals surface area contributed by atoms with Crippen LogP contribution in [-0.2, 0) is 4.79 Å². The van der Waals surface area contributed by atoms with Crippen LogP contribution < -0.4 is 10.1 Å². The fourth-order valence-electron chi connectivity index (χ4n) is 4.34. The highest BCUT2D eigenvalue weighted by Gasteiger charge is 2.31. The van der Waals surface area contributed by atoms with Crippen LogP contribution in [0, 0.1) is 0 Å². The van der Waals surface area contributed by atoms with Crippen molar-refractivity contribution in [2.75, 3.05) is 32.2 Å². The Morgan fingerprint density at radius 2 is 2.26 bits per heavy atom. The lowest BCUT2D eigenvalue weighted by Crippen LogP contribution is -2.49. The summed E-state index contributed by atoms with van der Waals surface area (Å²) in [7, 11) is 1.46. The number of likely N-dealkylation sites (tertiary alicyclic amines) is 1. The zero-order valence-corrected chi connectivity index (χ0v) is 19.2. The molecule has 10 nitrogen and oxygen atoms in total. The lowest BCUT2D eigenvalue weighted by atomic mass is 10.0. The van der Waals surface area contributed by atoms with Gasteiger partial charge < -0.3 is 15.0 Å². The third kappa shape index (κ3) is 4.13. The maximum atomic E-state index is 14.9. The maximum Gasteiger partial charge on any atom is 0.244 e. The Bertz CT molecular complexity index is 1490. The summed E-state index contributed by atoms with van der Waals surface area (Å²) in [6.07, 6.45) is 0.384. The average molecular weight is 488 g/mol. The molecule has 0 radical (unpaired) electrons. The Balaban J connectivity index is 1.42. The molecule has 1 aliphatic heterocycles. The molecule has 3 atom stereocenters. The highest BCUT2D eigenvalue weighted by molar-refractivity contribution is 5.89. The molecule has 5 rings (SSSR count). The van der Waals surface area contributed by atoms with Crippen LogP contribution in [-0.4, -0.2) is 79.5 Å². The predicted octanol–water partition coefficient (Wildman–Crippen LogP) is 3.05. The smallest absolute Gasteiger partial charge is 0.244 e. The minimum absolute atomic E-state index is 0.0945. The van der Waals surface area contributed by atoms with E-state index >= 15 is 0 Å². The summed E-state index contributed by atoms with van der Waals surface area (Å²) < 4.78 is 58.7. The molecular weight excluding hydrogens is 458 g/mol. The SMILES string of the molecule is [2H]C([2H])([2H])C(=O)N1CC[C@H](Nc2nc(OC)c3c(-c4ccc5nnn([C@@H](C)CF)c5c4)ccn3n2)[C@H](F)C1. The van der Waals surface area contributed by atoms with Gasteiger partial charge in [-0.3, -0.25) is 4.79 Å². The van der Waals surface area contributed by atoms with Crippen LogP contribution in [0.25, 0.3) is 27.7 Å². The van der Waals surface area contributed by atoms with Crippen molar-refractivity contribution in [2.24, 2.45) is 0 Å². The number of amides is 1. The first-order chi connectivity index (χ1) is 18.1. The van der Waals surface area contributed by atoms with Crippen LogP contribution in [0.15, 0.2) is 30.5 Å². The van der Waals surface area contributed by atoms with E-state index < -0.39 is 37.7 Å². The maximum absolute atomic E-state index is 14.9. The molecule has 1 aliphatic rings. The third-order valence-electron chi connectivity index (χ3n) is 6.24. The van der Waals surface area contributed by atoms with E-state index in [9.17, 15) is 13.6 Å². The number of fused-ring (bicyclic) bond motifs is 2. The molecule has 4 heterocycles. The molecule has 0 spiro atoms. The van der Waals surface area contributed by atoms with Gasteiger partial charge in [0.15, 0.2) is 0 Å². The monoisotopic (exact) mass is 487 g/mol. The van der Waals surface area contributed by atoms with Crippen molar-refractivity contribution in [2.45, 2.75) is 38.5 Å². The number of ether oxygens (including phenoxy) is 1. The molecule has 4 aromatic rings. The van der Waals surface area contributed by atoms with Gasteiger partial charge in [0.05, 0.1) is 31.3 Å². The second-order valence-corrected chi connectivity index (χ2v) is 8.51. The minimum atomic E-state index is -2.81. The van der Waals surface area contributed by atoms with E-state index in [4.69, 9.17) is 8.85 Å². The minimum Gasteiger partial charge on any atom is -0.479 e. The number of methoxy groups -OCH3 is 1. The number of hydrogen-bond acceptors (Lipinski definition) is 7. The number of piperidine rings is 1. The van der Waals surface area contributed by atoms with Gasteiger partial charge in [0.1, 0.15) is 23.9 Å². The molecule has 0 unspecified atom stereocenters. The summed E-state index contributed by atoms with van der Waals surface area (Å²) in [5.41, 5.74) is 3.45. The van der Waals surface area contributed by atoms with Gasteiger partial charge in [-0.1, -0.05) is 11.3 Å². The Labute approximate surface area is 204 Å². The van der Waals surface area contributed by atoms with E-state index in [2.05, 4.69) is 25.7 Å². The summed E-state index contributed by atoms with van der Waals surface area (Å²) in [6, 6.07) is 6.18. The van der Waals surface area contributed by atoms with Crippen molar-refractivity contribution in [3.05, 3.63) is 30.5 Å². The summed E-state index contributed by atoms with van der Waals surface area (Å²) in [5.74, 6) is -0.694. The number of rotatable bonds is 6. The predicted molar refractivity (Wildman–Crippen MR) is 126 cm³/mol. The zero-order chi connectivity index (χ0) is 27.2. The van der Waals surface area contributed by atoms with Crippen molar-refractivity contribution in [3.8, 4) is 17.0 Å². The second-order valence-electron chi connectivity index (χ2n) is 8.51. The molecule has 3 aromatic heterocycles. The number of nitrogens with zero attached hydrogens (tertiary/aromatic N) is 7. The van der Waals surface area contributed by atoms with Crippen molar-refractivity contribution >= 4 is 28.4 Å². The van der Waals surface area contributed by atoms with Crippen LogP contribution in [0.3, 0.4) is 0 Å². The van der Waals surface area contributed by atoms with E-state index in [0.29, 0.717) is 16.6 Å². The van der Waals surface area contributed by atoms with E-state index in [1.165, 1.54) is 11.8 Å². The van der Waals surface area contributed by atoms with Crippen molar-refractivity contribution in [1.82, 2.24) is 34.5 Å². The molecule has 1 N–H and O–H groups in total. The number of carbonyl (C=O) groups excluding carboxylic acids is 1. The number of benzene rings is 1. The first-order valence-corrected chi connectivity index (χ1v) is 11.2. The third-order valence-corrected chi connectivity index (χ3v) is 6.24. The molecular formula is C23H26F2N8O2. The number of nitrogens with one attached hydrogen (secondary N) is 1. The number of anilines is 1. The van der Waals surface area contributed by atoms with Crippen LogP contribution >= 0.6 is 0 Å². The number of alkyl halides is 2. The Kier molecular flexibility index (Phi) is 5.05. The normalized spacial score (nSPS) is 20.9. The van der Waals surface area contributed by atoms with Gasteiger partial charge in [-0.15, -0.1) is 10.2 Å². The van der Waals surface area contributed by atoms with Gasteiger partial charge in [0.25, 0.3) is 0 Å². The van der Waals surface area contributed by atoms with Gasteiger partial charge in [-0.2, -0.15) is 4.98 Å². The topological polar surface area (TPSA) is 102 Å². The Hall–Kier alpha value is -3.83. The molecule has 35 heavy (non-hydrogen) atoms. The highest BCUT2D eigenvalue weighted by atomic mass is 19.1. The zero-order valence-electron chi connectivity index (χ0n) is 22.2. The number of aromatic nitrogens is 6. The average Bonchev–Trinajstić information content (AvgIpc) is 3.52. The van der Waals surface area contributed by atoms with Gasteiger partial charge >= 0.3 is 0 Å². The number of carbonyl (C=O) groups is 1. The van der Waals surface area contributed by atoms with E-state index in [-0.39, 0.29) is 31.3 Å². The quantitative estimate of drug-likeness (QED) is 0.446. The number of hydrogen-bond donors (Lipinski definition) is 1. The van der Waals surface area contributed by atoms with Crippen LogP contribution in [0.1, 0.15) is 30.4 Å². The molecule has 0 bridgehead atoms. The summed E-state index contributed by atoms with van der Waals surface area (Å²) >= 11 is 0. The summed E-state index contributed by atoms with van der Waals surface area (Å²) in [4.78, 5) is 17.5. The van der Waals surface area contributed by atoms with Crippen LogP contribution in [0.4, 0.5) is 14.7 Å². The molecule has 0 saturated carbocycles. The van der Waals surface area contributed by atoms with Gasteiger partial charge in [-0.25, -0.2) is 18.0 Å². The summed E-state index contributed by atoms with van der Waals surface area (Å²) in [6.45, 7) is -1.91. The van der Waals surface area contributed by atoms with Crippen molar-refractivity contribution in [3.63, 3.8) is 0 Å². The molecule has 1 saturated heterocycles. The van der Waals surface area contributed by atoms with Gasteiger partial charge in [-0.05, 0) is 37.1 Å². The fraction of sp³-hybridized carbons (Fsp3) is 0.435.